The minimum absolute atomic E-state index is 0. The van der Waals surface area contributed by atoms with Crippen molar-refractivity contribution in [1.29, 1.82) is 0 Å². The molecule has 1 aromatic rings. The van der Waals surface area contributed by atoms with E-state index in [2.05, 4.69) is 23.7 Å². The van der Waals surface area contributed by atoms with E-state index in [9.17, 15) is 0 Å². The second-order valence-electron chi connectivity index (χ2n) is 3.43. The third-order valence-electron chi connectivity index (χ3n) is 2.27. The van der Waals surface area contributed by atoms with Crippen molar-refractivity contribution in [2.45, 2.75) is 26.3 Å². The van der Waals surface area contributed by atoms with Crippen molar-refractivity contribution >= 4 is 28.9 Å². The van der Waals surface area contributed by atoms with Gasteiger partial charge in [0.1, 0.15) is 0 Å². The number of nitrogens with zero attached hydrogens (tertiary/aromatic N) is 2. The highest BCUT2D eigenvalue weighted by atomic mass is 35.5. The Bertz CT molecular complexity index is 291. The molecule has 3 N–H and O–H groups in total. The van der Waals surface area contributed by atoms with E-state index in [1.165, 1.54) is 0 Å². The summed E-state index contributed by atoms with van der Waals surface area (Å²) in [5, 5.41) is 9.90. The maximum atomic E-state index is 8.85. The second kappa shape index (κ2) is 7.84. The summed E-state index contributed by atoms with van der Waals surface area (Å²) in [6.07, 6.45) is 2.56. The summed E-state index contributed by atoms with van der Waals surface area (Å²) >= 11 is 1.66. The predicted molar refractivity (Wildman–Crippen MR) is 71.7 cm³/mol. The van der Waals surface area contributed by atoms with Crippen LogP contribution in [-0.4, -0.2) is 35.8 Å². The first-order chi connectivity index (χ1) is 7.21. The number of aromatic nitrogens is 1. The van der Waals surface area contributed by atoms with E-state index in [-0.39, 0.29) is 25.1 Å². The van der Waals surface area contributed by atoms with Gasteiger partial charge in [0.2, 0.25) is 0 Å². The van der Waals surface area contributed by atoms with Gasteiger partial charge in [-0.25, -0.2) is 4.98 Å². The lowest BCUT2D eigenvalue weighted by Gasteiger charge is -2.16. The number of aliphatic hydroxyl groups excluding tert-OH is 1. The number of aliphatic hydroxyl groups is 1. The summed E-state index contributed by atoms with van der Waals surface area (Å²) in [6.45, 7) is 6.19. The Morgan fingerprint density at radius 2 is 2.12 bits per heavy atom. The zero-order chi connectivity index (χ0) is 11.3. The van der Waals surface area contributed by atoms with Crippen molar-refractivity contribution in [3.8, 4) is 0 Å². The van der Waals surface area contributed by atoms with E-state index in [0.717, 1.165) is 23.1 Å². The van der Waals surface area contributed by atoms with E-state index >= 15 is 0 Å². The fraction of sp³-hybridized carbons (Fsp3) is 0.700. The molecule has 0 saturated carbocycles. The Labute approximate surface area is 107 Å². The minimum Gasteiger partial charge on any atom is -0.395 e. The summed E-state index contributed by atoms with van der Waals surface area (Å²) < 4.78 is 0. The molecule has 0 amide bonds. The highest BCUT2D eigenvalue weighted by Crippen LogP contribution is 2.22. The average Bonchev–Trinajstić information content (AvgIpc) is 2.68. The van der Waals surface area contributed by atoms with Crippen LogP contribution in [0.3, 0.4) is 0 Å². The molecule has 0 fully saturated rings. The molecule has 0 saturated heterocycles. The summed E-state index contributed by atoms with van der Waals surface area (Å²) in [4.78, 5) is 7.70. The summed E-state index contributed by atoms with van der Waals surface area (Å²) in [7, 11) is 0. The van der Waals surface area contributed by atoms with Gasteiger partial charge in [-0.1, -0.05) is 0 Å². The maximum absolute atomic E-state index is 8.85. The van der Waals surface area contributed by atoms with Gasteiger partial charge >= 0.3 is 0 Å². The molecule has 0 aliphatic rings. The van der Waals surface area contributed by atoms with Gasteiger partial charge in [0.05, 0.1) is 6.61 Å². The molecule has 94 valence electrons. The lowest BCUT2D eigenvalue weighted by molar-refractivity contribution is 0.265. The Morgan fingerprint density at radius 1 is 1.50 bits per heavy atom. The molecule has 0 bridgehead atoms. The summed E-state index contributed by atoms with van der Waals surface area (Å²) in [5.74, 6) is 0. The Kier molecular flexibility index (Phi) is 7.66. The average molecular weight is 266 g/mol. The predicted octanol–water partition coefficient (Wildman–Crippen LogP) is 1.27. The van der Waals surface area contributed by atoms with Crippen LogP contribution >= 0.6 is 23.7 Å². The number of anilines is 1. The van der Waals surface area contributed by atoms with E-state index in [1.54, 1.807) is 11.3 Å². The van der Waals surface area contributed by atoms with Gasteiger partial charge in [0.25, 0.3) is 0 Å². The zero-order valence-electron chi connectivity index (χ0n) is 9.72. The lowest BCUT2D eigenvalue weighted by Crippen LogP contribution is -2.26. The minimum atomic E-state index is -0.171. The number of halogens is 1. The van der Waals surface area contributed by atoms with Gasteiger partial charge in [0.15, 0.2) is 5.13 Å². The fourth-order valence-corrected chi connectivity index (χ4v) is 2.48. The van der Waals surface area contributed by atoms with E-state index in [1.807, 2.05) is 6.20 Å². The third kappa shape index (κ3) is 4.25. The molecule has 0 spiro atoms. The number of rotatable bonds is 6. The monoisotopic (exact) mass is 265 g/mol. The van der Waals surface area contributed by atoms with E-state index in [4.69, 9.17) is 10.8 Å². The Morgan fingerprint density at radius 3 is 2.62 bits per heavy atom. The summed E-state index contributed by atoms with van der Waals surface area (Å²) in [5.41, 5.74) is 5.67. The first-order valence-electron chi connectivity index (χ1n) is 5.27. The molecule has 1 aromatic heterocycles. The van der Waals surface area contributed by atoms with Crippen LogP contribution in [0.15, 0.2) is 6.20 Å². The maximum Gasteiger partial charge on any atom is 0.185 e. The van der Waals surface area contributed by atoms with E-state index < -0.39 is 0 Å². The van der Waals surface area contributed by atoms with Crippen molar-refractivity contribution in [2.75, 3.05) is 24.6 Å². The van der Waals surface area contributed by atoms with Gasteiger partial charge in [-0.05, 0) is 13.8 Å². The molecule has 0 aliphatic carbocycles. The van der Waals surface area contributed by atoms with Crippen LogP contribution in [0.2, 0.25) is 0 Å². The van der Waals surface area contributed by atoms with Gasteiger partial charge in [0, 0.05) is 36.6 Å². The molecule has 1 unspecified atom stereocenters. The van der Waals surface area contributed by atoms with Crippen molar-refractivity contribution < 1.29 is 5.11 Å². The van der Waals surface area contributed by atoms with Crippen LogP contribution in [0, 0.1) is 0 Å². The van der Waals surface area contributed by atoms with Crippen LogP contribution in [0.4, 0.5) is 5.13 Å². The molecule has 1 atom stereocenters. The van der Waals surface area contributed by atoms with Gasteiger partial charge in [-0.2, -0.15) is 0 Å². The molecule has 1 rings (SSSR count). The molecular formula is C10H20ClN3OS. The van der Waals surface area contributed by atoms with Gasteiger partial charge < -0.3 is 15.7 Å². The van der Waals surface area contributed by atoms with Crippen LogP contribution < -0.4 is 10.6 Å². The van der Waals surface area contributed by atoms with Crippen LogP contribution in [0.5, 0.6) is 0 Å². The first-order valence-corrected chi connectivity index (χ1v) is 6.09. The highest BCUT2D eigenvalue weighted by molar-refractivity contribution is 7.15. The van der Waals surface area contributed by atoms with Crippen molar-refractivity contribution in [2.24, 2.45) is 5.73 Å². The standard InChI is InChI=1S/C10H19N3OS.ClH/c1-3-13(4-2)10-12-6-9(15-10)5-8(11)7-14;/h6,8,14H,3-5,7,11H2,1-2H3;1H. The largest absolute Gasteiger partial charge is 0.395 e. The molecule has 16 heavy (non-hydrogen) atoms. The van der Waals surface area contributed by atoms with Crippen molar-refractivity contribution in [3.05, 3.63) is 11.1 Å². The molecule has 4 nitrogen and oxygen atoms in total. The number of thiazole rings is 1. The topological polar surface area (TPSA) is 62.4 Å². The number of hydrogen-bond donors (Lipinski definition) is 2. The zero-order valence-corrected chi connectivity index (χ0v) is 11.4. The van der Waals surface area contributed by atoms with Crippen LogP contribution in [0.25, 0.3) is 0 Å². The third-order valence-corrected chi connectivity index (χ3v) is 3.35. The first kappa shape index (κ1) is 15.6. The van der Waals surface area contributed by atoms with Crippen LogP contribution in [-0.2, 0) is 6.42 Å². The van der Waals surface area contributed by atoms with Crippen molar-refractivity contribution in [3.63, 3.8) is 0 Å². The molecule has 0 radical (unpaired) electrons. The molecule has 0 aromatic carbocycles. The van der Waals surface area contributed by atoms with Gasteiger partial charge in [-0.15, -0.1) is 23.7 Å². The molecule has 1 heterocycles. The normalized spacial score (nSPS) is 12.0. The van der Waals surface area contributed by atoms with Crippen molar-refractivity contribution in [1.82, 2.24) is 4.98 Å². The highest BCUT2D eigenvalue weighted by Gasteiger charge is 2.09. The molecule has 0 aliphatic heterocycles. The summed E-state index contributed by atoms with van der Waals surface area (Å²) in [6, 6.07) is -0.171. The fourth-order valence-electron chi connectivity index (χ4n) is 1.35. The Balaban J connectivity index is 0.00000225. The van der Waals surface area contributed by atoms with Gasteiger partial charge in [-0.3, -0.25) is 0 Å². The molecule has 6 heteroatoms. The quantitative estimate of drug-likeness (QED) is 0.813. The van der Waals surface area contributed by atoms with Crippen LogP contribution in [0.1, 0.15) is 18.7 Å². The number of hydrogen-bond acceptors (Lipinski definition) is 5. The smallest absolute Gasteiger partial charge is 0.185 e. The molecular weight excluding hydrogens is 246 g/mol. The SMILES string of the molecule is CCN(CC)c1ncc(CC(N)CO)s1.Cl. The van der Waals surface area contributed by atoms with E-state index in [0.29, 0.717) is 6.42 Å². The Hall–Kier alpha value is -0.360. The lowest BCUT2D eigenvalue weighted by atomic mass is 10.2. The second-order valence-corrected chi connectivity index (χ2v) is 4.52. The number of nitrogens with two attached hydrogens (primary N) is 1.